The van der Waals surface area contributed by atoms with Gasteiger partial charge in [0.25, 0.3) is 11.8 Å². The van der Waals surface area contributed by atoms with E-state index in [4.69, 9.17) is 23.2 Å². The number of benzene rings is 3. The minimum Gasteiger partial charge on any atom is -0.342 e. The first-order valence-electron chi connectivity index (χ1n) is 15.3. The number of aromatic nitrogens is 1. The number of para-hydroxylation sites is 1. The summed E-state index contributed by atoms with van der Waals surface area (Å²) in [6, 6.07) is 20.5. The minimum absolute atomic E-state index is 0.0906. The molecule has 222 valence electrons. The van der Waals surface area contributed by atoms with Crippen molar-refractivity contribution in [3.05, 3.63) is 105 Å². The Morgan fingerprint density at radius 2 is 1.52 bits per heavy atom. The Bertz CT molecular complexity index is 1860. The summed E-state index contributed by atoms with van der Waals surface area (Å²) in [7, 11) is 0. The second-order valence-corrected chi connectivity index (χ2v) is 14.0. The maximum absolute atomic E-state index is 13.8. The highest BCUT2D eigenvalue weighted by atomic mass is 35.5. The fourth-order valence-electron chi connectivity index (χ4n) is 8.83. The molecule has 0 spiro atoms. The molecule has 4 aliphatic carbocycles. The lowest BCUT2D eigenvalue weighted by Crippen LogP contribution is -2.54. The Morgan fingerprint density at radius 3 is 2.20 bits per heavy atom. The van der Waals surface area contributed by atoms with Crippen LogP contribution in [-0.4, -0.2) is 22.4 Å². The summed E-state index contributed by atoms with van der Waals surface area (Å²) in [6.45, 7) is 0.515. The number of hydrogen-bond acceptors (Lipinski definition) is 3. The molecule has 4 bridgehead atoms. The third-order valence-corrected chi connectivity index (χ3v) is 11.1. The first-order valence-corrected chi connectivity index (χ1v) is 16.1. The molecule has 4 amide bonds. The van der Waals surface area contributed by atoms with E-state index in [1.54, 1.807) is 12.1 Å². The highest BCUT2D eigenvalue weighted by Crippen LogP contribution is 2.60. The van der Waals surface area contributed by atoms with Crippen LogP contribution in [0.5, 0.6) is 0 Å². The molecular formula is C36H31Cl2N3O3. The van der Waals surface area contributed by atoms with E-state index in [2.05, 4.69) is 17.4 Å². The molecule has 3 aromatic carbocycles. The lowest BCUT2D eigenvalue weighted by molar-refractivity contribution is -0.122. The largest absolute Gasteiger partial charge is 0.342 e. The number of carbonyl (C=O) groups excluding carboxylic acids is 3. The van der Waals surface area contributed by atoms with Gasteiger partial charge in [-0.15, -0.1) is 0 Å². The Labute approximate surface area is 265 Å². The zero-order valence-corrected chi connectivity index (χ0v) is 25.6. The van der Waals surface area contributed by atoms with Crippen LogP contribution in [0.4, 0.5) is 10.5 Å². The van der Waals surface area contributed by atoms with Crippen molar-refractivity contribution in [3.8, 4) is 0 Å². The number of urea groups is 1. The Balaban J connectivity index is 1.10. The van der Waals surface area contributed by atoms with Crippen LogP contribution in [0.15, 0.2) is 78.5 Å². The quantitative estimate of drug-likeness (QED) is 0.180. The Hall–Kier alpha value is -3.87. The normalized spacial score (nSPS) is 27.0. The SMILES string of the molecule is O=C1NC(=O)N(c2ccc(C34CC5CC(CC(C5)C3)C4)cc2)C(=O)/C1=C/c1cn(Cc2ccc(Cl)c(Cl)c2)c2ccccc12. The molecular weight excluding hydrogens is 593 g/mol. The number of barbiturate groups is 1. The second kappa shape index (κ2) is 10.4. The molecule has 9 rings (SSSR count). The lowest BCUT2D eigenvalue weighted by atomic mass is 9.48. The molecule has 1 saturated heterocycles. The van der Waals surface area contributed by atoms with Crippen molar-refractivity contribution < 1.29 is 14.4 Å². The van der Waals surface area contributed by atoms with Crippen molar-refractivity contribution in [3.63, 3.8) is 0 Å². The van der Waals surface area contributed by atoms with E-state index in [-0.39, 0.29) is 11.0 Å². The summed E-state index contributed by atoms with van der Waals surface area (Å²) in [5.41, 5.74) is 4.49. The number of carbonyl (C=O) groups is 3. The maximum Gasteiger partial charge on any atom is 0.335 e. The first-order chi connectivity index (χ1) is 21.3. The molecule has 4 saturated carbocycles. The molecule has 1 N–H and O–H groups in total. The van der Waals surface area contributed by atoms with Gasteiger partial charge in [-0.25, -0.2) is 9.69 Å². The van der Waals surface area contributed by atoms with E-state index in [0.717, 1.165) is 39.1 Å². The van der Waals surface area contributed by atoms with Crippen LogP contribution in [0.1, 0.15) is 55.2 Å². The summed E-state index contributed by atoms with van der Waals surface area (Å²) < 4.78 is 2.04. The standard InChI is InChI=1S/C36H31Cl2N3O3/c37-30-10-5-21(14-31(30)38)19-40-20-25(28-3-1-2-4-32(28)40)15-29-33(42)39-35(44)41(34(29)43)27-8-6-26(7-9-27)36-16-22-11-23(17-36)13-24(12-22)18-36/h1-10,14-15,20,22-24H,11-13,16-19H2,(H,39,42,44)/b29-15+. The smallest absolute Gasteiger partial charge is 0.335 e. The predicted octanol–water partition coefficient (Wildman–Crippen LogP) is 8.13. The molecule has 6 nitrogen and oxygen atoms in total. The monoisotopic (exact) mass is 623 g/mol. The van der Waals surface area contributed by atoms with Gasteiger partial charge < -0.3 is 4.57 Å². The molecule has 5 fully saturated rings. The van der Waals surface area contributed by atoms with Gasteiger partial charge in [0, 0.05) is 29.2 Å². The minimum atomic E-state index is -0.734. The third-order valence-electron chi connectivity index (χ3n) is 10.3. The van der Waals surface area contributed by atoms with Crippen molar-refractivity contribution in [2.45, 2.75) is 50.5 Å². The summed E-state index contributed by atoms with van der Waals surface area (Å²) in [6.07, 6.45) is 11.3. The van der Waals surface area contributed by atoms with E-state index < -0.39 is 17.8 Å². The summed E-state index contributed by atoms with van der Waals surface area (Å²) in [5, 5.41) is 4.22. The van der Waals surface area contributed by atoms with Gasteiger partial charge in [-0.3, -0.25) is 14.9 Å². The number of fused-ring (bicyclic) bond motifs is 1. The number of hydrogen-bond donors (Lipinski definition) is 1. The highest BCUT2D eigenvalue weighted by Gasteiger charge is 2.51. The number of nitrogens with one attached hydrogen (secondary N) is 1. The van der Waals surface area contributed by atoms with Crippen molar-refractivity contribution in [2.75, 3.05) is 4.90 Å². The molecule has 1 aliphatic heterocycles. The molecule has 5 aliphatic rings. The van der Waals surface area contributed by atoms with Gasteiger partial charge in [-0.1, -0.05) is 59.6 Å². The number of nitrogens with zero attached hydrogens (tertiary/aromatic N) is 2. The molecule has 8 heteroatoms. The lowest BCUT2D eigenvalue weighted by Gasteiger charge is -2.57. The number of rotatable bonds is 5. The van der Waals surface area contributed by atoms with Gasteiger partial charge in [-0.2, -0.15) is 0 Å². The van der Waals surface area contributed by atoms with E-state index in [1.165, 1.54) is 44.1 Å². The van der Waals surface area contributed by atoms with E-state index in [1.807, 2.05) is 59.3 Å². The number of halogens is 2. The van der Waals surface area contributed by atoms with Crippen LogP contribution in [0, 0.1) is 17.8 Å². The number of anilines is 1. The summed E-state index contributed by atoms with van der Waals surface area (Å²) in [5.74, 6) is 1.13. The van der Waals surface area contributed by atoms with Gasteiger partial charge in [0.15, 0.2) is 0 Å². The summed E-state index contributed by atoms with van der Waals surface area (Å²) in [4.78, 5) is 40.9. The highest BCUT2D eigenvalue weighted by molar-refractivity contribution is 6.42. The van der Waals surface area contributed by atoms with Gasteiger partial charge in [0.1, 0.15) is 5.57 Å². The van der Waals surface area contributed by atoms with E-state index in [0.29, 0.717) is 27.8 Å². The van der Waals surface area contributed by atoms with E-state index >= 15 is 0 Å². The molecule has 0 unspecified atom stereocenters. The van der Waals surface area contributed by atoms with Crippen molar-refractivity contribution >= 4 is 63.7 Å². The molecule has 1 aromatic heterocycles. The van der Waals surface area contributed by atoms with Crippen molar-refractivity contribution in [1.82, 2.24) is 9.88 Å². The number of imide groups is 2. The van der Waals surface area contributed by atoms with E-state index in [9.17, 15) is 14.4 Å². The maximum atomic E-state index is 13.8. The predicted molar refractivity (Wildman–Crippen MR) is 173 cm³/mol. The number of amides is 4. The van der Waals surface area contributed by atoms with Crippen LogP contribution in [0.25, 0.3) is 17.0 Å². The molecule has 4 aromatic rings. The topological polar surface area (TPSA) is 71.4 Å². The molecule has 0 radical (unpaired) electrons. The second-order valence-electron chi connectivity index (χ2n) is 13.2. The Morgan fingerprint density at radius 1 is 0.841 bits per heavy atom. The average Bonchev–Trinajstić information content (AvgIpc) is 3.33. The van der Waals surface area contributed by atoms with Gasteiger partial charge in [0.05, 0.1) is 15.7 Å². The molecule has 2 heterocycles. The molecule has 0 atom stereocenters. The van der Waals surface area contributed by atoms with Crippen molar-refractivity contribution in [1.29, 1.82) is 0 Å². The van der Waals surface area contributed by atoms with Gasteiger partial charge in [-0.05, 0) is 109 Å². The fourth-order valence-corrected chi connectivity index (χ4v) is 9.15. The van der Waals surface area contributed by atoms with Crippen LogP contribution in [0.3, 0.4) is 0 Å². The molecule has 44 heavy (non-hydrogen) atoms. The van der Waals surface area contributed by atoms with Crippen LogP contribution in [0.2, 0.25) is 10.0 Å². The van der Waals surface area contributed by atoms with Crippen molar-refractivity contribution in [2.24, 2.45) is 17.8 Å². The Kier molecular flexibility index (Phi) is 6.51. The zero-order chi connectivity index (χ0) is 30.2. The first kappa shape index (κ1) is 27.7. The zero-order valence-electron chi connectivity index (χ0n) is 24.1. The average molecular weight is 625 g/mol. The van der Waals surface area contributed by atoms with Gasteiger partial charge >= 0.3 is 6.03 Å². The van der Waals surface area contributed by atoms with Crippen LogP contribution < -0.4 is 10.2 Å². The van der Waals surface area contributed by atoms with Gasteiger partial charge in [0.2, 0.25) is 0 Å². The fraction of sp³-hybridized carbons (Fsp3) is 0.306. The third kappa shape index (κ3) is 4.58. The summed E-state index contributed by atoms with van der Waals surface area (Å²) >= 11 is 12.4. The van der Waals surface area contributed by atoms with Crippen LogP contribution >= 0.6 is 23.2 Å². The van der Waals surface area contributed by atoms with Crippen LogP contribution in [-0.2, 0) is 21.5 Å².